The second-order valence-electron chi connectivity index (χ2n) is 6.33. The zero-order valence-electron chi connectivity index (χ0n) is 14.2. The van der Waals surface area contributed by atoms with Crippen LogP contribution in [0.1, 0.15) is 18.4 Å². The third kappa shape index (κ3) is 3.85. The summed E-state index contributed by atoms with van der Waals surface area (Å²) in [7, 11) is 1.90. The first-order chi connectivity index (χ1) is 12.1. The second-order valence-corrected chi connectivity index (χ2v) is 6.33. The van der Waals surface area contributed by atoms with E-state index in [-0.39, 0.29) is 17.6 Å². The van der Waals surface area contributed by atoms with E-state index in [0.29, 0.717) is 6.54 Å². The van der Waals surface area contributed by atoms with E-state index < -0.39 is 4.92 Å². The van der Waals surface area contributed by atoms with Gasteiger partial charge in [-0.05, 0) is 37.6 Å². The van der Waals surface area contributed by atoms with Crippen molar-refractivity contribution in [2.45, 2.75) is 25.4 Å². The summed E-state index contributed by atoms with van der Waals surface area (Å²) in [5.74, 6) is 0.0883. The summed E-state index contributed by atoms with van der Waals surface area (Å²) >= 11 is 0. The van der Waals surface area contributed by atoms with E-state index in [1.165, 1.54) is 6.07 Å². The Hall–Kier alpha value is -2.73. The maximum absolute atomic E-state index is 12.9. The van der Waals surface area contributed by atoms with Crippen LogP contribution in [-0.2, 0) is 11.3 Å². The van der Waals surface area contributed by atoms with Crippen LogP contribution >= 0.6 is 0 Å². The largest absolute Gasteiger partial charge is 0.311 e. The van der Waals surface area contributed by atoms with Crippen molar-refractivity contribution in [2.24, 2.45) is 0 Å². The Morgan fingerprint density at radius 2 is 1.96 bits per heavy atom. The number of anilines is 1. The van der Waals surface area contributed by atoms with Crippen molar-refractivity contribution in [3.05, 3.63) is 70.3 Å². The maximum Gasteiger partial charge on any atom is 0.269 e. The molecule has 3 rings (SSSR count). The molecule has 6 heteroatoms. The van der Waals surface area contributed by atoms with Crippen LogP contribution < -0.4 is 4.90 Å². The summed E-state index contributed by atoms with van der Waals surface area (Å²) in [6.45, 7) is 1.23. The van der Waals surface area contributed by atoms with E-state index in [0.717, 1.165) is 30.6 Å². The van der Waals surface area contributed by atoms with E-state index in [4.69, 9.17) is 0 Å². The molecular weight excluding hydrogens is 318 g/mol. The van der Waals surface area contributed by atoms with Gasteiger partial charge in [0.05, 0.1) is 11.0 Å². The molecule has 0 aromatic heterocycles. The first-order valence-corrected chi connectivity index (χ1v) is 8.36. The topological polar surface area (TPSA) is 66.7 Å². The van der Waals surface area contributed by atoms with Gasteiger partial charge in [-0.2, -0.15) is 0 Å². The number of para-hydroxylation sites is 1. The maximum atomic E-state index is 12.9. The van der Waals surface area contributed by atoms with Crippen molar-refractivity contribution in [1.29, 1.82) is 0 Å². The molecule has 0 saturated carbocycles. The lowest BCUT2D eigenvalue weighted by Crippen LogP contribution is -2.51. The van der Waals surface area contributed by atoms with Crippen molar-refractivity contribution >= 4 is 17.3 Å². The Morgan fingerprint density at radius 3 is 2.68 bits per heavy atom. The number of nitro groups is 1. The summed E-state index contributed by atoms with van der Waals surface area (Å²) in [4.78, 5) is 27.3. The number of non-ortho nitro benzene ring substituents is 1. The zero-order chi connectivity index (χ0) is 17.8. The number of benzene rings is 2. The molecule has 0 N–H and O–H groups in total. The van der Waals surface area contributed by atoms with Crippen molar-refractivity contribution in [3.8, 4) is 0 Å². The van der Waals surface area contributed by atoms with Gasteiger partial charge in [-0.25, -0.2) is 0 Å². The van der Waals surface area contributed by atoms with E-state index in [1.807, 2.05) is 53.2 Å². The fourth-order valence-corrected chi connectivity index (χ4v) is 3.30. The molecule has 1 aliphatic heterocycles. The molecule has 25 heavy (non-hydrogen) atoms. The van der Waals surface area contributed by atoms with Crippen LogP contribution in [0.25, 0.3) is 0 Å². The Morgan fingerprint density at radius 1 is 1.20 bits per heavy atom. The second kappa shape index (κ2) is 7.44. The van der Waals surface area contributed by atoms with Crippen LogP contribution in [0.2, 0.25) is 0 Å². The molecule has 0 bridgehead atoms. The molecule has 2 aromatic rings. The molecule has 6 nitrogen and oxygen atoms in total. The van der Waals surface area contributed by atoms with Gasteiger partial charge in [0.1, 0.15) is 0 Å². The summed E-state index contributed by atoms with van der Waals surface area (Å²) < 4.78 is 0. The number of nitro benzene ring substituents is 1. The molecule has 1 atom stereocenters. The summed E-state index contributed by atoms with van der Waals surface area (Å²) in [6, 6.07) is 16.1. The highest BCUT2D eigenvalue weighted by atomic mass is 16.6. The molecule has 1 saturated heterocycles. The van der Waals surface area contributed by atoms with Crippen LogP contribution in [0.3, 0.4) is 0 Å². The number of amides is 1. The molecule has 0 spiro atoms. The Balaban J connectivity index is 1.73. The highest BCUT2D eigenvalue weighted by molar-refractivity contribution is 5.97. The Labute approximate surface area is 146 Å². The average molecular weight is 339 g/mol. The number of nitrogens with zero attached hydrogens (tertiary/aromatic N) is 3. The molecule has 1 amide bonds. The van der Waals surface area contributed by atoms with Crippen LogP contribution in [0.4, 0.5) is 11.4 Å². The summed E-state index contributed by atoms with van der Waals surface area (Å²) in [5.41, 5.74) is 1.83. The van der Waals surface area contributed by atoms with Gasteiger partial charge in [0.15, 0.2) is 0 Å². The predicted molar refractivity (Wildman–Crippen MR) is 96.4 cm³/mol. The molecule has 1 aliphatic rings. The molecule has 2 aromatic carbocycles. The van der Waals surface area contributed by atoms with Crippen LogP contribution in [-0.4, -0.2) is 35.4 Å². The molecule has 0 aliphatic carbocycles. The minimum Gasteiger partial charge on any atom is -0.311 e. The first kappa shape index (κ1) is 17.1. The van der Waals surface area contributed by atoms with Crippen LogP contribution in [0.15, 0.2) is 54.6 Å². The van der Waals surface area contributed by atoms with Gasteiger partial charge in [-0.3, -0.25) is 19.8 Å². The van der Waals surface area contributed by atoms with Gasteiger partial charge in [0, 0.05) is 30.9 Å². The molecule has 1 heterocycles. The fourth-order valence-electron chi connectivity index (χ4n) is 3.30. The van der Waals surface area contributed by atoms with Crippen molar-refractivity contribution < 1.29 is 9.72 Å². The third-order valence-corrected chi connectivity index (χ3v) is 4.56. The highest BCUT2D eigenvalue weighted by Gasteiger charge is 2.32. The number of rotatable bonds is 5. The summed E-state index contributed by atoms with van der Waals surface area (Å²) in [6.07, 6.45) is 1.73. The molecule has 130 valence electrons. The minimum atomic E-state index is -0.396. The Bertz CT molecular complexity index is 764. The lowest BCUT2D eigenvalue weighted by atomic mass is 10.0. The molecule has 1 fully saturated rings. The van der Waals surface area contributed by atoms with E-state index >= 15 is 0 Å². The SMILES string of the molecule is CN(Cc1cccc([N+](=O)[O-])c1)C1CCCN(c2ccccc2)C1=O. The monoisotopic (exact) mass is 339 g/mol. The van der Waals surface area contributed by atoms with Gasteiger partial charge in [-0.1, -0.05) is 30.3 Å². The van der Waals surface area contributed by atoms with Crippen LogP contribution in [0.5, 0.6) is 0 Å². The van der Waals surface area contributed by atoms with E-state index in [2.05, 4.69) is 0 Å². The summed E-state index contributed by atoms with van der Waals surface area (Å²) in [5, 5.41) is 10.9. The highest BCUT2D eigenvalue weighted by Crippen LogP contribution is 2.24. The number of carbonyl (C=O) groups is 1. The number of likely N-dealkylation sites (N-methyl/N-ethyl adjacent to an activating group) is 1. The lowest BCUT2D eigenvalue weighted by molar-refractivity contribution is -0.384. The van der Waals surface area contributed by atoms with Gasteiger partial charge >= 0.3 is 0 Å². The van der Waals surface area contributed by atoms with Gasteiger partial charge in [0.25, 0.3) is 5.69 Å². The lowest BCUT2D eigenvalue weighted by Gasteiger charge is -2.36. The smallest absolute Gasteiger partial charge is 0.269 e. The molecule has 0 radical (unpaired) electrons. The van der Waals surface area contributed by atoms with E-state index in [9.17, 15) is 14.9 Å². The van der Waals surface area contributed by atoms with E-state index in [1.54, 1.807) is 12.1 Å². The quantitative estimate of drug-likeness (QED) is 0.620. The first-order valence-electron chi connectivity index (χ1n) is 8.36. The van der Waals surface area contributed by atoms with Crippen molar-refractivity contribution in [1.82, 2.24) is 4.90 Å². The third-order valence-electron chi connectivity index (χ3n) is 4.56. The van der Waals surface area contributed by atoms with Gasteiger partial charge < -0.3 is 4.90 Å². The van der Waals surface area contributed by atoms with Gasteiger partial charge in [-0.15, -0.1) is 0 Å². The minimum absolute atomic E-state index is 0.0757. The number of carbonyl (C=O) groups excluding carboxylic acids is 1. The zero-order valence-corrected chi connectivity index (χ0v) is 14.2. The number of piperidine rings is 1. The van der Waals surface area contributed by atoms with Crippen molar-refractivity contribution in [2.75, 3.05) is 18.5 Å². The average Bonchev–Trinajstić information content (AvgIpc) is 2.62. The standard InChI is InChI=1S/C19H21N3O3/c1-20(14-15-7-5-10-17(13-15)22(24)25)18-11-6-12-21(19(18)23)16-8-3-2-4-9-16/h2-5,7-10,13,18H,6,11-12,14H2,1H3. The fraction of sp³-hybridized carbons (Fsp3) is 0.316. The Kier molecular flexibility index (Phi) is 5.09. The van der Waals surface area contributed by atoms with Crippen molar-refractivity contribution in [3.63, 3.8) is 0 Å². The molecular formula is C19H21N3O3. The van der Waals surface area contributed by atoms with Gasteiger partial charge in [0.2, 0.25) is 5.91 Å². The number of hydrogen-bond donors (Lipinski definition) is 0. The predicted octanol–water partition coefficient (Wildman–Crippen LogP) is 3.22. The number of hydrogen-bond acceptors (Lipinski definition) is 4. The molecule has 1 unspecified atom stereocenters. The normalized spacial score (nSPS) is 17.8. The van der Waals surface area contributed by atoms with Crippen LogP contribution in [0, 0.1) is 10.1 Å².